The molecule has 20 heavy (non-hydrogen) atoms. The van der Waals surface area contributed by atoms with Gasteiger partial charge in [0.1, 0.15) is 0 Å². The summed E-state index contributed by atoms with van der Waals surface area (Å²) in [6.45, 7) is 19.3. The molecule has 0 aromatic rings. The molecule has 122 valence electrons. The van der Waals surface area contributed by atoms with E-state index in [-0.39, 0.29) is 23.2 Å². The van der Waals surface area contributed by atoms with E-state index in [0.717, 1.165) is 19.4 Å². The highest BCUT2D eigenvalue weighted by molar-refractivity contribution is 4.78. The van der Waals surface area contributed by atoms with Crippen molar-refractivity contribution in [1.29, 1.82) is 0 Å². The van der Waals surface area contributed by atoms with Crippen LogP contribution in [0.25, 0.3) is 0 Å². The van der Waals surface area contributed by atoms with Crippen LogP contribution in [0.2, 0.25) is 0 Å². The molecule has 0 aromatic carbocycles. The Balaban J connectivity index is 3.95. The summed E-state index contributed by atoms with van der Waals surface area (Å²) in [6.07, 6.45) is 2.30. The lowest BCUT2D eigenvalue weighted by Gasteiger charge is -2.35. The molecule has 0 aliphatic rings. The first-order valence-corrected chi connectivity index (χ1v) is 7.93. The SMILES string of the molecule is CCCOCC(C)OCC(C)OC(C)(C)CC(C)(C)C. The standard InChI is InChI=1S/C17H36O3/c1-9-10-18-11-14(2)19-12-15(3)20-17(7,8)13-16(4,5)6/h14-15H,9-13H2,1-8H3. The van der Waals surface area contributed by atoms with Crippen LogP contribution < -0.4 is 0 Å². The third-order valence-electron chi connectivity index (χ3n) is 2.79. The summed E-state index contributed by atoms with van der Waals surface area (Å²) in [7, 11) is 0. The smallest absolute Gasteiger partial charge is 0.0787 e. The monoisotopic (exact) mass is 288 g/mol. The first-order valence-electron chi connectivity index (χ1n) is 7.93. The average Bonchev–Trinajstić information content (AvgIpc) is 2.22. The molecule has 0 radical (unpaired) electrons. The number of ether oxygens (including phenoxy) is 3. The van der Waals surface area contributed by atoms with Crippen molar-refractivity contribution in [3.63, 3.8) is 0 Å². The van der Waals surface area contributed by atoms with Crippen molar-refractivity contribution in [2.75, 3.05) is 19.8 Å². The lowest BCUT2D eigenvalue weighted by atomic mass is 9.83. The molecule has 0 spiro atoms. The predicted octanol–water partition coefficient (Wildman–Crippen LogP) is 4.44. The van der Waals surface area contributed by atoms with E-state index in [1.807, 2.05) is 6.92 Å². The molecule has 0 saturated heterocycles. The molecule has 0 rings (SSSR count). The van der Waals surface area contributed by atoms with E-state index >= 15 is 0 Å². The highest BCUT2D eigenvalue weighted by atomic mass is 16.6. The third-order valence-corrected chi connectivity index (χ3v) is 2.79. The molecule has 3 heteroatoms. The van der Waals surface area contributed by atoms with Gasteiger partial charge in [0.2, 0.25) is 0 Å². The number of rotatable bonds is 10. The van der Waals surface area contributed by atoms with E-state index < -0.39 is 0 Å². The molecule has 0 bridgehead atoms. The van der Waals surface area contributed by atoms with Gasteiger partial charge in [-0.1, -0.05) is 27.7 Å². The highest BCUT2D eigenvalue weighted by Crippen LogP contribution is 2.30. The molecule has 3 nitrogen and oxygen atoms in total. The van der Waals surface area contributed by atoms with Crippen molar-refractivity contribution in [2.45, 2.75) is 86.0 Å². The molecular formula is C17H36O3. The van der Waals surface area contributed by atoms with Gasteiger partial charge in [0.25, 0.3) is 0 Å². The lowest BCUT2D eigenvalue weighted by molar-refractivity contribution is -0.122. The van der Waals surface area contributed by atoms with E-state index in [1.54, 1.807) is 0 Å². The summed E-state index contributed by atoms with van der Waals surface area (Å²) in [5.74, 6) is 0. The maximum absolute atomic E-state index is 6.12. The zero-order chi connectivity index (χ0) is 15.8. The second-order valence-electron chi connectivity index (χ2n) is 7.64. The van der Waals surface area contributed by atoms with Gasteiger partial charge in [0, 0.05) is 6.61 Å². The van der Waals surface area contributed by atoms with Gasteiger partial charge in [-0.2, -0.15) is 0 Å². The Bertz CT molecular complexity index is 243. The van der Waals surface area contributed by atoms with Gasteiger partial charge in [-0.3, -0.25) is 0 Å². The second-order valence-corrected chi connectivity index (χ2v) is 7.64. The molecule has 0 aromatic heterocycles. The first-order chi connectivity index (χ1) is 9.06. The van der Waals surface area contributed by atoms with Crippen LogP contribution in [-0.4, -0.2) is 37.6 Å². The van der Waals surface area contributed by atoms with Crippen LogP contribution in [-0.2, 0) is 14.2 Å². The Hall–Kier alpha value is -0.120. The molecule has 2 unspecified atom stereocenters. The number of hydrogen-bond donors (Lipinski definition) is 0. The molecule has 2 atom stereocenters. The van der Waals surface area contributed by atoms with Crippen molar-refractivity contribution in [1.82, 2.24) is 0 Å². The maximum Gasteiger partial charge on any atom is 0.0787 e. The topological polar surface area (TPSA) is 27.7 Å². The Kier molecular flexibility index (Phi) is 8.96. The molecule has 0 fully saturated rings. The van der Waals surface area contributed by atoms with Gasteiger partial charge in [-0.15, -0.1) is 0 Å². The van der Waals surface area contributed by atoms with Crippen molar-refractivity contribution >= 4 is 0 Å². The minimum absolute atomic E-state index is 0.0981. The van der Waals surface area contributed by atoms with E-state index in [4.69, 9.17) is 14.2 Å². The summed E-state index contributed by atoms with van der Waals surface area (Å²) in [6, 6.07) is 0. The third kappa shape index (κ3) is 11.7. The van der Waals surface area contributed by atoms with Crippen LogP contribution in [0.3, 0.4) is 0 Å². The van der Waals surface area contributed by atoms with Gasteiger partial charge in [-0.05, 0) is 46.0 Å². The average molecular weight is 288 g/mol. The Morgan fingerprint density at radius 3 is 2.00 bits per heavy atom. The van der Waals surface area contributed by atoms with Gasteiger partial charge in [0.15, 0.2) is 0 Å². The summed E-state index contributed by atoms with van der Waals surface area (Å²) < 4.78 is 17.4. The van der Waals surface area contributed by atoms with Gasteiger partial charge >= 0.3 is 0 Å². The summed E-state index contributed by atoms with van der Waals surface area (Å²) in [5, 5.41) is 0. The zero-order valence-electron chi connectivity index (χ0n) is 14.9. The minimum atomic E-state index is -0.122. The van der Waals surface area contributed by atoms with Crippen molar-refractivity contribution < 1.29 is 14.2 Å². The van der Waals surface area contributed by atoms with Gasteiger partial charge < -0.3 is 14.2 Å². The van der Waals surface area contributed by atoms with Crippen molar-refractivity contribution in [3.8, 4) is 0 Å². The summed E-state index contributed by atoms with van der Waals surface area (Å²) in [4.78, 5) is 0. The van der Waals surface area contributed by atoms with Crippen LogP contribution in [0.5, 0.6) is 0 Å². The number of hydrogen-bond acceptors (Lipinski definition) is 3. The van der Waals surface area contributed by atoms with E-state index in [2.05, 4.69) is 48.5 Å². The second kappa shape index (κ2) is 9.01. The fourth-order valence-electron chi connectivity index (χ4n) is 2.64. The molecule has 0 N–H and O–H groups in total. The van der Waals surface area contributed by atoms with Crippen molar-refractivity contribution in [2.24, 2.45) is 5.41 Å². The first kappa shape index (κ1) is 19.9. The highest BCUT2D eigenvalue weighted by Gasteiger charge is 2.28. The molecule has 0 aliphatic heterocycles. The van der Waals surface area contributed by atoms with Crippen molar-refractivity contribution in [3.05, 3.63) is 0 Å². The van der Waals surface area contributed by atoms with Crippen LogP contribution >= 0.6 is 0 Å². The Morgan fingerprint density at radius 1 is 0.900 bits per heavy atom. The van der Waals surface area contributed by atoms with Gasteiger partial charge in [-0.25, -0.2) is 0 Å². The molecule has 0 aliphatic carbocycles. The Labute approximate surface area is 126 Å². The minimum Gasteiger partial charge on any atom is -0.379 e. The van der Waals surface area contributed by atoms with Crippen LogP contribution in [0.15, 0.2) is 0 Å². The van der Waals surface area contributed by atoms with Crippen LogP contribution in [0.4, 0.5) is 0 Å². The zero-order valence-corrected chi connectivity index (χ0v) is 14.9. The normalized spacial score (nSPS) is 16.2. The van der Waals surface area contributed by atoms with E-state index in [1.165, 1.54) is 0 Å². The predicted molar refractivity (Wildman–Crippen MR) is 85.2 cm³/mol. The van der Waals surface area contributed by atoms with Gasteiger partial charge in [0.05, 0.1) is 31.0 Å². The fourth-order valence-corrected chi connectivity index (χ4v) is 2.64. The largest absolute Gasteiger partial charge is 0.379 e. The fraction of sp³-hybridized carbons (Fsp3) is 1.00. The summed E-state index contributed by atoms with van der Waals surface area (Å²) >= 11 is 0. The lowest BCUT2D eigenvalue weighted by Crippen LogP contribution is -2.36. The molecule has 0 saturated carbocycles. The quantitative estimate of drug-likeness (QED) is 0.556. The van der Waals surface area contributed by atoms with E-state index in [0.29, 0.717) is 13.2 Å². The maximum atomic E-state index is 6.12. The van der Waals surface area contributed by atoms with Crippen LogP contribution in [0, 0.1) is 5.41 Å². The molecular weight excluding hydrogens is 252 g/mol. The summed E-state index contributed by atoms with van der Waals surface area (Å²) in [5.41, 5.74) is 0.147. The Morgan fingerprint density at radius 2 is 1.50 bits per heavy atom. The molecule has 0 amide bonds. The van der Waals surface area contributed by atoms with Crippen LogP contribution in [0.1, 0.15) is 68.2 Å². The van der Waals surface area contributed by atoms with E-state index in [9.17, 15) is 0 Å². The molecule has 0 heterocycles.